The Balaban J connectivity index is 2.11. The van der Waals surface area contributed by atoms with E-state index < -0.39 is 0 Å². The summed E-state index contributed by atoms with van der Waals surface area (Å²) < 4.78 is 5.77. The summed E-state index contributed by atoms with van der Waals surface area (Å²) in [5, 5.41) is 1.75. The molecule has 0 N–H and O–H groups in total. The van der Waals surface area contributed by atoms with Crippen molar-refractivity contribution in [3.05, 3.63) is 56.5 Å². The number of rotatable bonds is 0. The van der Waals surface area contributed by atoms with Gasteiger partial charge in [0.2, 0.25) is 0 Å². The van der Waals surface area contributed by atoms with Gasteiger partial charge in [-0.05, 0) is 24.3 Å². The van der Waals surface area contributed by atoms with Gasteiger partial charge < -0.3 is 4.74 Å². The summed E-state index contributed by atoms with van der Waals surface area (Å²) in [6.07, 6.45) is 0.752. The molecule has 0 atom stereocenters. The van der Waals surface area contributed by atoms with Crippen LogP contribution in [0.1, 0.15) is 11.1 Å². The molecule has 0 radical (unpaired) electrons. The van der Waals surface area contributed by atoms with Crippen LogP contribution in [0.3, 0.4) is 0 Å². The summed E-state index contributed by atoms with van der Waals surface area (Å²) in [5.74, 6) is 1.58. The van der Waals surface area contributed by atoms with E-state index in [1.165, 1.54) is 0 Å². The third kappa shape index (κ3) is 1.99. The minimum Gasteiger partial charge on any atom is -0.457 e. The number of hydrogen-bond donors (Lipinski definition) is 0. The van der Waals surface area contributed by atoms with E-state index in [-0.39, 0.29) is 0 Å². The zero-order valence-corrected chi connectivity index (χ0v) is 10.9. The second-order valence-corrected chi connectivity index (χ2v) is 5.16. The Labute approximate surface area is 114 Å². The fourth-order valence-electron chi connectivity index (χ4n) is 1.91. The lowest BCUT2D eigenvalue weighted by Crippen LogP contribution is -2.02. The number of halogens is 3. The maximum absolute atomic E-state index is 5.99. The Morgan fingerprint density at radius 2 is 1.53 bits per heavy atom. The van der Waals surface area contributed by atoms with Crippen LogP contribution >= 0.6 is 34.8 Å². The van der Waals surface area contributed by atoms with Gasteiger partial charge in [-0.2, -0.15) is 0 Å². The number of ether oxygens (including phenoxy) is 1. The minimum absolute atomic E-state index is 0.503. The standard InChI is InChI=1S/C13H7Cl3O/c14-9-1-2-12-7(4-9)3-8-5-10(15)11(16)6-13(8)17-12/h1-2,4-6H,3H2. The average Bonchev–Trinajstić information content (AvgIpc) is 2.28. The van der Waals surface area contributed by atoms with Crippen molar-refractivity contribution in [3.8, 4) is 11.5 Å². The first-order chi connectivity index (χ1) is 8.13. The lowest BCUT2D eigenvalue weighted by atomic mass is 10.0. The van der Waals surface area contributed by atoms with Crippen molar-refractivity contribution >= 4 is 34.8 Å². The molecule has 0 bridgehead atoms. The van der Waals surface area contributed by atoms with Crippen LogP contribution in [0.4, 0.5) is 0 Å². The summed E-state index contributed by atoms with van der Waals surface area (Å²) in [4.78, 5) is 0. The summed E-state index contributed by atoms with van der Waals surface area (Å²) >= 11 is 17.9. The Bertz CT molecular complexity index is 608. The SMILES string of the molecule is Clc1ccc2c(c1)Cc1cc(Cl)c(Cl)cc1O2. The second-order valence-electron chi connectivity index (χ2n) is 3.90. The lowest BCUT2D eigenvalue weighted by Gasteiger charge is -2.20. The maximum Gasteiger partial charge on any atom is 0.132 e. The molecule has 1 aliphatic rings. The molecule has 1 aliphatic heterocycles. The monoisotopic (exact) mass is 284 g/mol. The van der Waals surface area contributed by atoms with E-state index in [0.29, 0.717) is 15.1 Å². The van der Waals surface area contributed by atoms with Crippen molar-refractivity contribution in [2.24, 2.45) is 0 Å². The molecule has 0 fully saturated rings. The first kappa shape index (κ1) is 11.2. The van der Waals surface area contributed by atoms with E-state index in [9.17, 15) is 0 Å². The average molecular weight is 286 g/mol. The smallest absolute Gasteiger partial charge is 0.132 e. The van der Waals surface area contributed by atoms with Gasteiger partial charge in [-0.15, -0.1) is 0 Å². The molecule has 1 nitrogen and oxygen atoms in total. The van der Waals surface area contributed by atoms with Crippen molar-refractivity contribution in [2.75, 3.05) is 0 Å². The van der Waals surface area contributed by atoms with Crippen LogP contribution in [0.5, 0.6) is 11.5 Å². The van der Waals surface area contributed by atoms with E-state index in [1.54, 1.807) is 6.07 Å². The largest absolute Gasteiger partial charge is 0.457 e. The molecule has 2 aromatic carbocycles. The fourth-order valence-corrected chi connectivity index (χ4v) is 2.45. The minimum atomic E-state index is 0.503. The quantitative estimate of drug-likeness (QED) is 0.541. The molecule has 0 unspecified atom stereocenters. The van der Waals surface area contributed by atoms with Crippen LogP contribution in [0.25, 0.3) is 0 Å². The summed E-state index contributed by atoms with van der Waals surface area (Å²) in [5.41, 5.74) is 2.08. The van der Waals surface area contributed by atoms with Gasteiger partial charge in [-0.25, -0.2) is 0 Å². The van der Waals surface area contributed by atoms with Gasteiger partial charge in [0.25, 0.3) is 0 Å². The molecule has 0 aromatic heterocycles. The molecule has 0 saturated heterocycles. The molecule has 0 amide bonds. The molecule has 2 aromatic rings. The second kappa shape index (κ2) is 4.09. The molecule has 17 heavy (non-hydrogen) atoms. The van der Waals surface area contributed by atoms with E-state index in [1.807, 2.05) is 24.3 Å². The third-order valence-corrected chi connectivity index (χ3v) is 3.68. The van der Waals surface area contributed by atoms with Gasteiger partial charge in [0, 0.05) is 28.6 Å². The normalized spacial score (nSPS) is 12.6. The molecular weight excluding hydrogens is 279 g/mol. The predicted octanol–water partition coefficient (Wildman–Crippen LogP) is 5.34. The van der Waals surface area contributed by atoms with Gasteiger partial charge in [0.15, 0.2) is 0 Å². The van der Waals surface area contributed by atoms with Crippen molar-refractivity contribution in [2.45, 2.75) is 6.42 Å². The highest BCUT2D eigenvalue weighted by atomic mass is 35.5. The van der Waals surface area contributed by atoms with Gasteiger partial charge in [0.05, 0.1) is 10.0 Å². The molecule has 4 heteroatoms. The molecule has 0 saturated carbocycles. The first-order valence-corrected chi connectivity index (χ1v) is 6.21. The van der Waals surface area contributed by atoms with E-state index in [4.69, 9.17) is 39.5 Å². The van der Waals surface area contributed by atoms with Gasteiger partial charge >= 0.3 is 0 Å². The summed E-state index contributed by atoms with van der Waals surface area (Å²) in [6.45, 7) is 0. The Kier molecular flexibility index (Phi) is 2.70. The lowest BCUT2D eigenvalue weighted by molar-refractivity contribution is 0.460. The third-order valence-electron chi connectivity index (χ3n) is 2.73. The molecule has 1 heterocycles. The molecule has 3 rings (SSSR count). The summed E-state index contributed by atoms with van der Waals surface area (Å²) in [7, 11) is 0. The zero-order chi connectivity index (χ0) is 12.0. The summed E-state index contributed by atoms with van der Waals surface area (Å²) in [6, 6.07) is 9.16. The highest BCUT2D eigenvalue weighted by Gasteiger charge is 2.18. The maximum atomic E-state index is 5.99. The van der Waals surface area contributed by atoms with Crippen molar-refractivity contribution < 1.29 is 4.74 Å². The Morgan fingerprint density at radius 3 is 2.35 bits per heavy atom. The van der Waals surface area contributed by atoms with Crippen LogP contribution in [0.2, 0.25) is 15.1 Å². The molecule has 86 valence electrons. The van der Waals surface area contributed by atoms with Gasteiger partial charge in [-0.1, -0.05) is 34.8 Å². The van der Waals surface area contributed by atoms with Crippen LogP contribution < -0.4 is 4.74 Å². The van der Waals surface area contributed by atoms with Crippen LogP contribution in [0.15, 0.2) is 30.3 Å². The van der Waals surface area contributed by atoms with Gasteiger partial charge in [0.1, 0.15) is 11.5 Å². The van der Waals surface area contributed by atoms with E-state index in [2.05, 4.69) is 0 Å². The Hall–Kier alpha value is -0.890. The first-order valence-electron chi connectivity index (χ1n) is 5.08. The molecular formula is C13H7Cl3O. The topological polar surface area (TPSA) is 9.23 Å². The number of fused-ring (bicyclic) bond motifs is 2. The highest BCUT2D eigenvalue weighted by molar-refractivity contribution is 6.42. The molecule has 0 spiro atoms. The number of benzene rings is 2. The van der Waals surface area contributed by atoms with Crippen LogP contribution in [-0.4, -0.2) is 0 Å². The zero-order valence-electron chi connectivity index (χ0n) is 8.64. The van der Waals surface area contributed by atoms with E-state index >= 15 is 0 Å². The van der Waals surface area contributed by atoms with Crippen molar-refractivity contribution in [1.29, 1.82) is 0 Å². The van der Waals surface area contributed by atoms with Crippen LogP contribution in [0, 0.1) is 0 Å². The fraction of sp³-hybridized carbons (Fsp3) is 0.0769. The highest BCUT2D eigenvalue weighted by Crippen LogP contribution is 2.40. The van der Waals surface area contributed by atoms with Gasteiger partial charge in [-0.3, -0.25) is 0 Å². The molecule has 0 aliphatic carbocycles. The van der Waals surface area contributed by atoms with Crippen LogP contribution in [-0.2, 0) is 6.42 Å². The van der Waals surface area contributed by atoms with Crippen molar-refractivity contribution in [3.63, 3.8) is 0 Å². The number of hydrogen-bond acceptors (Lipinski definition) is 1. The predicted molar refractivity (Wildman–Crippen MR) is 70.8 cm³/mol. The Morgan fingerprint density at radius 1 is 0.824 bits per heavy atom. The van der Waals surface area contributed by atoms with Crippen molar-refractivity contribution in [1.82, 2.24) is 0 Å². The van der Waals surface area contributed by atoms with E-state index in [0.717, 1.165) is 29.0 Å².